The lowest BCUT2D eigenvalue weighted by Gasteiger charge is -2.09. The molecule has 1 heterocycles. The van der Waals surface area contributed by atoms with Crippen molar-refractivity contribution in [3.05, 3.63) is 47.4 Å². The first-order chi connectivity index (χ1) is 13.0. The number of nitrogens with zero attached hydrogens (tertiary/aromatic N) is 2. The van der Waals surface area contributed by atoms with Gasteiger partial charge >= 0.3 is 5.97 Å². The number of hydrogen-bond acceptors (Lipinski definition) is 7. The second-order valence-electron chi connectivity index (χ2n) is 5.71. The highest BCUT2D eigenvalue weighted by Crippen LogP contribution is 2.13. The Morgan fingerprint density at radius 3 is 2.56 bits per heavy atom. The molecule has 2 aromatic rings. The van der Waals surface area contributed by atoms with Crippen LogP contribution in [0.4, 0.5) is 11.5 Å². The second kappa shape index (κ2) is 10.2. The molecule has 144 valence electrons. The summed E-state index contributed by atoms with van der Waals surface area (Å²) < 4.78 is 9.94. The van der Waals surface area contributed by atoms with Crippen molar-refractivity contribution in [2.45, 2.75) is 20.3 Å². The highest BCUT2D eigenvalue weighted by Gasteiger charge is 2.12. The number of ether oxygens (including phenoxy) is 2. The molecular formula is C19H24N4O4. The molecule has 0 atom stereocenters. The van der Waals surface area contributed by atoms with E-state index in [0.29, 0.717) is 42.7 Å². The molecule has 8 nitrogen and oxygen atoms in total. The summed E-state index contributed by atoms with van der Waals surface area (Å²) in [4.78, 5) is 32.6. The Hall–Kier alpha value is -3.00. The van der Waals surface area contributed by atoms with Gasteiger partial charge in [0.2, 0.25) is 0 Å². The fraction of sp³-hybridized carbons (Fsp3) is 0.368. The lowest BCUT2D eigenvalue weighted by Crippen LogP contribution is -2.16. The molecule has 27 heavy (non-hydrogen) atoms. The van der Waals surface area contributed by atoms with Crippen molar-refractivity contribution in [1.82, 2.24) is 9.97 Å². The van der Waals surface area contributed by atoms with E-state index in [2.05, 4.69) is 20.6 Å². The Bertz CT molecular complexity index is 778. The molecule has 8 heteroatoms. The molecule has 1 aromatic heterocycles. The number of carbonyl (C=O) groups is 2. The zero-order chi connectivity index (χ0) is 19.6. The van der Waals surface area contributed by atoms with Gasteiger partial charge in [-0.2, -0.15) is 0 Å². The summed E-state index contributed by atoms with van der Waals surface area (Å²) >= 11 is 0. The number of hydrogen-bond donors (Lipinski definition) is 2. The number of aryl methyl sites for hydroxylation is 1. The molecular weight excluding hydrogens is 348 g/mol. The maximum atomic E-state index is 12.5. The van der Waals surface area contributed by atoms with E-state index in [0.717, 1.165) is 6.42 Å². The van der Waals surface area contributed by atoms with Crippen molar-refractivity contribution in [2.24, 2.45) is 0 Å². The molecule has 0 bridgehead atoms. The fourth-order valence-corrected chi connectivity index (χ4v) is 2.31. The summed E-state index contributed by atoms with van der Waals surface area (Å²) in [5, 5.41) is 5.91. The highest BCUT2D eigenvalue weighted by molar-refractivity contribution is 6.03. The quantitative estimate of drug-likeness (QED) is 0.515. The first-order valence-electron chi connectivity index (χ1n) is 8.70. The molecule has 1 amide bonds. The van der Waals surface area contributed by atoms with Crippen LogP contribution in [0.15, 0.2) is 30.3 Å². The number of benzene rings is 1. The van der Waals surface area contributed by atoms with Crippen LogP contribution >= 0.6 is 0 Å². The van der Waals surface area contributed by atoms with Crippen LogP contribution in [-0.2, 0) is 9.47 Å². The predicted octanol–water partition coefficient (Wildman–Crippen LogP) is 2.66. The standard InChI is InChI=1S/C19H24N4O4/c1-4-27-19(25)14-6-8-15(9-7-14)23-18(24)16-12-17(22-13(2)21-16)20-10-5-11-26-3/h6-9,12H,4-5,10-11H2,1-3H3,(H,23,24)(H,20,21,22). The lowest BCUT2D eigenvalue weighted by molar-refractivity contribution is 0.0526. The van der Waals surface area contributed by atoms with Gasteiger partial charge in [0.05, 0.1) is 12.2 Å². The van der Waals surface area contributed by atoms with Crippen molar-refractivity contribution in [3.63, 3.8) is 0 Å². The van der Waals surface area contributed by atoms with Gasteiger partial charge in [-0.1, -0.05) is 0 Å². The van der Waals surface area contributed by atoms with Crippen LogP contribution in [0.25, 0.3) is 0 Å². The normalized spacial score (nSPS) is 10.3. The summed E-state index contributed by atoms with van der Waals surface area (Å²) in [6.45, 7) is 5.11. The third kappa shape index (κ3) is 6.34. The molecule has 0 aliphatic rings. The fourth-order valence-electron chi connectivity index (χ4n) is 2.31. The number of rotatable bonds is 9. The highest BCUT2D eigenvalue weighted by atomic mass is 16.5. The average Bonchev–Trinajstić information content (AvgIpc) is 2.65. The summed E-state index contributed by atoms with van der Waals surface area (Å²) in [6.07, 6.45) is 0.827. The van der Waals surface area contributed by atoms with Crippen LogP contribution in [-0.4, -0.2) is 48.7 Å². The molecule has 2 N–H and O–H groups in total. The zero-order valence-electron chi connectivity index (χ0n) is 15.7. The molecule has 0 saturated heterocycles. The Kier molecular flexibility index (Phi) is 7.69. The minimum absolute atomic E-state index is 0.256. The topological polar surface area (TPSA) is 102 Å². The molecule has 2 rings (SSSR count). The predicted molar refractivity (Wildman–Crippen MR) is 102 cm³/mol. The minimum atomic E-state index is -0.397. The number of esters is 1. The van der Waals surface area contributed by atoms with Crippen molar-refractivity contribution >= 4 is 23.4 Å². The molecule has 0 aliphatic carbocycles. The van der Waals surface area contributed by atoms with Crippen LogP contribution in [0.5, 0.6) is 0 Å². The van der Waals surface area contributed by atoms with E-state index in [1.54, 1.807) is 51.3 Å². The monoisotopic (exact) mass is 372 g/mol. The van der Waals surface area contributed by atoms with Gasteiger partial charge in [-0.05, 0) is 44.5 Å². The minimum Gasteiger partial charge on any atom is -0.462 e. The number of amides is 1. The summed E-state index contributed by atoms with van der Waals surface area (Å²) in [7, 11) is 1.65. The number of aromatic nitrogens is 2. The first-order valence-corrected chi connectivity index (χ1v) is 8.70. The van der Waals surface area contributed by atoms with Gasteiger partial charge in [-0.25, -0.2) is 14.8 Å². The van der Waals surface area contributed by atoms with Gasteiger partial charge in [-0.3, -0.25) is 4.79 Å². The van der Waals surface area contributed by atoms with E-state index in [-0.39, 0.29) is 11.6 Å². The molecule has 0 radical (unpaired) electrons. The summed E-state index contributed by atoms with van der Waals surface area (Å²) in [6, 6.07) is 8.08. The van der Waals surface area contributed by atoms with E-state index in [1.165, 1.54) is 0 Å². The molecule has 0 spiro atoms. The van der Waals surface area contributed by atoms with Crippen molar-refractivity contribution in [2.75, 3.05) is 37.5 Å². The van der Waals surface area contributed by atoms with E-state index in [1.807, 2.05) is 0 Å². The maximum absolute atomic E-state index is 12.5. The number of nitrogens with one attached hydrogen (secondary N) is 2. The largest absolute Gasteiger partial charge is 0.462 e. The zero-order valence-corrected chi connectivity index (χ0v) is 15.7. The molecule has 0 saturated carbocycles. The van der Waals surface area contributed by atoms with E-state index in [9.17, 15) is 9.59 Å². The lowest BCUT2D eigenvalue weighted by atomic mass is 10.2. The van der Waals surface area contributed by atoms with Crippen molar-refractivity contribution in [3.8, 4) is 0 Å². The van der Waals surface area contributed by atoms with Gasteiger partial charge in [0.1, 0.15) is 17.3 Å². The molecule has 0 aliphatic heterocycles. The first kappa shape index (κ1) is 20.3. The smallest absolute Gasteiger partial charge is 0.338 e. The van der Waals surface area contributed by atoms with Gasteiger partial charge < -0.3 is 20.1 Å². The Morgan fingerprint density at radius 1 is 1.15 bits per heavy atom. The van der Waals surface area contributed by atoms with Crippen LogP contribution in [0.1, 0.15) is 40.0 Å². The van der Waals surface area contributed by atoms with E-state index < -0.39 is 5.97 Å². The average molecular weight is 372 g/mol. The van der Waals surface area contributed by atoms with E-state index in [4.69, 9.17) is 9.47 Å². The van der Waals surface area contributed by atoms with Crippen LogP contribution in [0, 0.1) is 6.92 Å². The van der Waals surface area contributed by atoms with Crippen LogP contribution in [0.2, 0.25) is 0 Å². The van der Waals surface area contributed by atoms with Gasteiger partial charge in [0.15, 0.2) is 0 Å². The van der Waals surface area contributed by atoms with Gasteiger partial charge in [0.25, 0.3) is 5.91 Å². The molecule has 0 fully saturated rings. The van der Waals surface area contributed by atoms with Gasteiger partial charge in [-0.15, -0.1) is 0 Å². The maximum Gasteiger partial charge on any atom is 0.338 e. The Morgan fingerprint density at radius 2 is 1.89 bits per heavy atom. The van der Waals surface area contributed by atoms with Crippen LogP contribution in [0.3, 0.4) is 0 Å². The van der Waals surface area contributed by atoms with Crippen molar-refractivity contribution < 1.29 is 19.1 Å². The second-order valence-corrected chi connectivity index (χ2v) is 5.71. The summed E-state index contributed by atoms with van der Waals surface area (Å²) in [5.74, 6) is 0.325. The van der Waals surface area contributed by atoms with Crippen LogP contribution < -0.4 is 10.6 Å². The van der Waals surface area contributed by atoms with E-state index >= 15 is 0 Å². The number of anilines is 2. The Labute approximate surface area is 158 Å². The van der Waals surface area contributed by atoms with Crippen molar-refractivity contribution in [1.29, 1.82) is 0 Å². The Balaban J connectivity index is 2.02. The number of methoxy groups -OCH3 is 1. The molecule has 1 aromatic carbocycles. The third-order valence-electron chi connectivity index (χ3n) is 3.56. The molecule has 0 unspecified atom stereocenters. The SMILES string of the molecule is CCOC(=O)c1ccc(NC(=O)c2cc(NCCCOC)nc(C)n2)cc1. The summed E-state index contributed by atoms with van der Waals surface area (Å²) in [5.41, 5.74) is 1.24. The number of carbonyl (C=O) groups excluding carboxylic acids is 2. The third-order valence-corrected chi connectivity index (χ3v) is 3.56. The van der Waals surface area contributed by atoms with Gasteiger partial charge in [0, 0.05) is 32.0 Å².